The standard InChI is InChI=1S/C27H18Cl2N2O5S/c1-13-2-6-18-21(10-13)37-27(30-18)31-23(14-3-5-16(28)17(29)11-14)22(25(33)26(31)34)24(32)15-4-7-19-20(12-15)36-9-8-35-19/h2-7,10-12,23,32H,8-9H2,1H3/b24-22+. The lowest BCUT2D eigenvalue weighted by atomic mass is 9.95. The number of hydrogen-bond donors (Lipinski definition) is 1. The Kier molecular flexibility index (Phi) is 5.82. The number of thiazole rings is 1. The smallest absolute Gasteiger partial charge is 0.301 e. The molecule has 2 aliphatic heterocycles. The van der Waals surface area contributed by atoms with Crippen LogP contribution in [0.25, 0.3) is 16.0 Å². The summed E-state index contributed by atoms with van der Waals surface area (Å²) in [7, 11) is 0. The molecule has 37 heavy (non-hydrogen) atoms. The molecule has 7 nitrogen and oxygen atoms in total. The van der Waals surface area contributed by atoms with Crippen LogP contribution >= 0.6 is 34.5 Å². The Balaban J connectivity index is 1.55. The van der Waals surface area contributed by atoms with Gasteiger partial charge in [0.1, 0.15) is 19.0 Å². The lowest BCUT2D eigenvalue weighted by Crippen LogP contribution is -2.29. The van der Waals surface area contributed by atoms with E-state index in [-0.39, 0.29) is 16.4 Å². The molecular weight excluding hydrogens is 535 g/mol. The minimum atomic E-state index is -0.982. The van der Waals surface area contributed by atoms with Crippen molar-refractivity contribution in [2.45, 2.75) is 13.0 Å². The number of carbonyl (C=O) groups excluding carboxylic acids is 2. The van der Waals surface area contributed by atoms with Gasteiger partial charge in [-0.25, -0.2) is 4.98 Å². The molecule has 186 valence electrons. The van der Waals surface area contributed by atoms with E-state index >= 15 is 0 Å². The molecule has 0 spiro atoms. The molecular formula is C27H18Cl2N2O5S. The molecule has 3 heterocycles. The number of aryl methyl sites for hydroxylation is 1. The number of aliphatic hydroxyl groups excluding tert-OH is 1. The van der Waals surface area contributed by atoms with Gasteiger partial charge in [0, 0.05) is 5.56 Å². The van der Waals surface area contributed by atoms with Crippen LogP contribution in [0.5, 0.6) is 11.5 Å². The Labute approximate surface area is 225 Å². The highest BCUT2D eigenvalue weighted by molar-refractivity contribution is 7.22. The number of aromatic nitrogens is 1. The van der Waals surface area contributed by atoms with Crippen LogP contribution in [0.15, 0.2) is 60.2 Å². The molecule has 0 bridgehead atoms. The first-order chi connectivity index (χ1) is 17.8. The summed E-state index contributed by atoms with van der Waals surface area (Å²) in [4.78, 5) is 32.9. The zero-order valence-corrected chi connectivity index (χ0v) is 21.7. The molecule has 1 aromatic heterocycles. The van der Waals surface area contributed by atoms with Crippen molar-refractivity contribution in [2.75, 3.05) is 18.1 Å². The van der Waals surface area contributed by atoms with E-state index in [1.807, 2.05) is 25.1 Å². The molecule has 10 heteroatoms. The van der Waals surface area contributed by atoms with Gasteiger partial charge in [-0.05, 0) is 60.5 Å². The SMILES string of the molecule is Cc1ccc2nc(N3C(=O)C(=O)/C(=C(/O)c4ccc5c(c4)OCCO5)C3c3ccc(Cl)c(Cl)c3)sc2c1. The Morgan fingerprint density at radius 3 is 2.57 bits per heavy atom. The second-order valence-corrected chi connectivity index (χ2v) is 10.5. The van der Waals surface area contributed by atoms with Gasteiger partial charge >= 0.3 is 5.91 Å². The van der Waals surface area contributed by atoms with Crippen molar-refractivity contribution in [2.24, 2.45) is 0 Å². The molecule has 2 aliphatic rings. The molecule has 0 radical (unpaired) electrons. The first kappa shape index (κ1) is 23.8. The van der Waals surface area contributed by atoms with Crippen LogP contribution in [0.1, 0.15) is 22.7 Å². The highest BCUT2D eigenvalue weighted by atomic mass is 35.5. The molecule has 1 atom stereocenters. The fraction of sp³-hybridized carbons (Fsp3) is 0.148. The average molecular weight is 553 g/mol. The quantitative estimate of drug-likeness (QED) is 0.182. The van der Waals surface area contributed by atoms with E-state index in [0.717, 1.165) is 10.3 Å². The number of aliphatic hydroxyl groups is 1. The molecule has 3 aromatic carbocycles. The number of anilines is 1. The number of fused-ring (bicyclic) bond motifs is 2. The van der Waals surface area contributed by atoms with E-state index in [0.29, 0.717) is 51.5 Å². The summed E-state index contributed by atoms with van der Waals surface area (Å²) in [5.41, 5.74) is 2.47. The van der Waals surface area contributed by atoms with Crippen LogP contribution in [0.4, 0.5) is 5.13 Å². The molecule has 1 amide bonds. The van der Waals surface area contributed by atoms with Crippen LogP contribution < -0.4 is 14.4 Å². The van der Waals surface area contributed by atoms with E-state index in [4.69, 9.17) is 32.7 Å². The third kappa shape index (κ3) is 4.01. The van der Waals surface area contributed by atoms with E-state index in [1.54, 1.807) is 36.4 Å². The molecule has 4 aromatic rings. The molecule has 1 N–H and O–H groups in total. The predicted octanol–water partition coefficient (Wildman–Crippen LogP) is 6.31. The van der Waals surface area contributed by atoms with Crippen LogP contribution in [0, 0.1) is 6.92 Å². The lowest BCUT2D eigenvalue weighted by molar-refractivity contribution is -0.132. The Morgan fingerprint density at radius 1 is 1.00 bits per heavy atom. The van der Waals surface area contributed by atoms with Crippen molar-refractivity contribution < 1.29 is 24.2 Å². The number of amides is 1. The number of ketones is 1. The fourth-order valence-corrected chi connectivity index (χ4v) is 5.89. The van der Waals surface area contributed by atoms with Gasteiger partial charge < -0.3 is 14.6 Å². The van der Waals surface area contributed by atoms with E-state index < -0.39 is 17.7 Å². The zero-order valence-electron chi connectivity index (χ0n) is 19.3. The zero-order chi connectivity index (χ0) is 25.8. The first-order valence-corrected chi connectivity index (χ1v) is 12.9. The molecule has 1 fully saturated rings. The van der Waals surface area contributed by atoms with Gasteiger partial charge in [-0.1, -0.05) is 46.7 Å². The summed E-state index contributed by atoms with van der Waals surface area (Å²) in [6, 6.07) is 14.5. The molecule has 0 aliphatic carbocycles. The maximum atomic E-state index is 13.5. The second kappa shape index (κ2) is 9.06. The number of carbonyl (C=O) groups is 2. The van der Waals surface area contributed by atoms with Crippen molar-refractivity contribution in [1.29, 1.82) is 0 Å². The average Bonchev–Trinajstić information content (AvgIpc) is 3.42. The maximum absolute atomic E-state index is 13.5. The highest BCUT2D eigenvalue weighted by Gasteiger charge is 2.48. The minimum Gasteiger partial charge on any atom is -0.507 e. The van der Waals surface area contributed by atoms with E-state index in [9.17, 15) is 14.7 Å². The van der Waals surface area contributed by atoms with E-state index in [2.05, 4.69) is 4.98 Å². The third-order valence-electron chi connectivity index (χ3n) is 6.26. The summed E-state index contributed by atoms with van der Waals surface area (Å²) in [5.74, 6) is -0.998. The number of nitrogens with zero attached hydrogens (tertiary/aromatic N) is 2. The highest BCUT2D eigenvalue weighted by Crippen LogP contribution is 2.46. The summed E-state index contributed by atoms with van der Waals surface area (Å²) in [6.07, 6.45) is 0. The van der Waals surface area contributed by atoms with Gasteiger partial charge in [0.05, 0.1) is 31.9 Å². The van der Waals surface area contributed by atoms with Gasteiger partial charge in [0.15, 0.2) is 16.6 Å². The van der Waals surface area contributed by atoms with Gasteiger partial charge in [-0.15, -0.1) is 0 Å². The van der Waals surface area contributed by atoms with Gasteiger partial charge in [-0.2, -0.15) is 0 Å². The summed E-state index contributed by atoms with van der Waals surface area (Å²) >= 11 is 13.8. The van der Waals surface area contributed by atoms with Crippen LogP contribution in [0.2, 0.25) is 10.0 Å². The van der Waals surface area contributed by atoms with Crippen molar-refractivity contribution >= 4 is 67.3 Å². The second-order valence-electron chi connectivity index (χ2n) is 8.67. The van der Waals surface area contributed by atoms with Crippen LogP contribution in [0.3, 0.4) is 0 Å². The Morgan fingerprint density at radius 2 is 1.78 bits per heavy atom. The largest absolute Gasteiger partial charge is 0.507 e. The minimum absolute atomic E-state index is 0.0875. The van der Waals surface area contributed by atoms with Gasteiger partial charge in [0.25, 0.3) is 5.78 Å². The number of rotatable bonds is 3. The van der Waals surface area contributed by atoms with Crippen molar-refractivity contribution in [3.05, 3.63) is 86.9 Å². The molecule has 1 unspecified atom stereocenters. The van der Waals surface area contributed by atoms with Gasteiger partial charge in [-0.3, -0.25) is 14.5 Å². The molecule has 1 saturated heterocycles. The first-order valence-electron chi connectivity index (χ1n) is 11.3. The normalized spacial score (nSPS) is 18.6. The predicted molar refractivity (Wildman–Crippen MR) is 143 cm³/mol. The number of Topliss-reactive ketones (excluding diaryl/α,β-unsaturated/α-hetero) is 1. The van der Waals surface area contributed by atoms with Crippen LogP contribution in [-0.4, -0.2) is 35.0 Å². The third-order valence-corrected chi connectivity index (χ3v) is 8.01. The Bertz CT molecular complexity index is 1650. The Hall–Kier alpha value is -3.59. The molecule has 6 rings (SSSR count). The number of ether oxygens (including phenoxy) is 2. The number of benzene rings is 3. The topological polar surface area (TPSA) is 89.0 Å². The number of hydrogen-bond acceptors (Lipinski definition) is 7. The summed E-state index contributed by atoms with van der Waals surface area (Å²) in [6.45, 7) is 2.75. The fourth-order valence-electron chi connectivity index (χ4n) is 4.50. The number of halogens is 2. The van der Waals surface area contributed by atoms with Crippen molar-refractivity contribution in [3.63, 3.8) is 0 Å². The lowest BCUT2D eigenvalue weighted by Gasteiger charge is -2.23. The van der Waals surface area contributed by atoms with Crippen molar-refractivity contribution in [1.82, 2.24) is 4.98 Å². The maximum Gasteiger partial charge on any atom is 0.301 e. The summed E-state index contributed by atoms with van der Waals surface area (Å²) in [5, 5.41) is 12.3. The monoisotopic (exact) mass is 552 g/mol. The van der Waals surface area contributed by atoms with Gasteiger partial charge in [0.2, 0.25) is 0 Å². The summed E-state index contributed by atoms with van der Waals surface area (Å²) < 4.78 is 12.1. The van der Waals surface area contributed by atoms with Crippen molar-refractivity contribution in [3.8, 4) is 11.5 Å². The van der Waals surface area contributed by atoms with Crippen LogP contribution in [-0.2, 0) is 9.59 Å². The molecule has 0 saturated carbocycles. The van der Waals surface area contributed by atoms with E-state index in [1.165, 1.54) is 16.2 Å².